The van der Waals surface area contributed by atoms with Gasteiger partial charge >= 0.3 is 0 Å². The van der Waals surface area contributed by atoms with Gasteiger partial charge < -0.3 is 14.6 Å². The second-order valence-corrected chi connectivity index (χ2v) is 7.93. The van der Waals surface area contributed by atoms with Gasteiger partial charge in [-0.25, -0.2) is 4.98 Å². The molecule has 1 aromatic carbocycles. The molecule has 0 radical (unpaired) electrons. The third-order valence-corrected chi connectivity index (χ3v) is 5.49. The van der Waals surface area contributed by atoms with Crippen molar-refractivity contribution in [2.75, 3.05) is 13.1 Å². The van der Waals surface area contributed by atoms with Gasteiger partial charge in [-0.05, 0) is 32.3 Å². The maximum atomic E-state index is 12.6. The van der Waals surface area contributed by atoms with E-state index in [0.29, 0.717) is 6.54 Å². The lowest BCUT2D eigenvalue weighted by atomic mass is 9.88. The number of carbonyl (C=O) groups excluding carboxylic acids is 1. The van der Waals surface area contributed by atoms with E-state index in [4.69, 9.17) is 4.74 Å². The van der Waals surface area contributed by atoms with E-state index in [2.05, 4.69) is 44.0 Å². The first-order chi connectivity index (χ1) is 13.1. The van der Waals surface area contributed by atoms with E-state index in [-0.39, 0.29) is 11.9 Å². The monoisotopic (exact) mass is 368 g/mol. The fourth-order valence-corrected chi connectivity index (χ4v) is 4.17. The molecule has 0 unspecified atom stereocenters. The number of ether oxygens (including phenoxy) is 1. The number of benzene rings is 1. The number of piperidine rings is 1. The van der Waals surface area contributed by atoms with Gasteiger partial charge in [-0.3, -0.25) is 9.69 Å². The third kappa shape index (κ3) is 3.77. The highest BCUT2D eigenvalue weighted by Gasteiger charge is 2.47. The smallest absolute Gasteiger partial charge is 0.251 e. The molecule has 0 bridgehead atoms. The number of likely N-dealkylation sites (tertiary alicyclic amines) is 1. The first-order valence-corrected chi connectivity index (χ1v) is 9.82. The highest BCUT2D eigenvalue weighted by Crippen LogP contribution is 2.40. The predicted molar refractivity (Wildman–Crippen MR) is 103 cm³/mol. The standard InChI is InChI=1S/C21H28N4O2/c1-16(2)23-19(26)18-15-25-13-10-22-20(25)21(27-18)8-11-24(12-9-21)14-17-6-4-3-5-7-17/h3-7,10,13,16,18H,8-9,11-12,14-15H2,1-2H3,(H,23,26)/t18-/m1/s1. The number of fused-ring (bicyclic) bond motifs is 2. The van der Waals surface area contributed by atoms with Gasteiger partial charge in [-0.1, -0.05) is 30.3 Å². The first kappa shape index (κ1) is 18.2. The maximum absolute atomic E-state index is 12.6. The summed E-state index contributed by atoms with van der Waals surface area (Å²) in [4.78, 5) is 19.6. The van der Waals surface area contributed by atoms with E-state index in [0.717, 1.165) is 38.3 Å². The summed E-state index contributed by atoms with van der Waals surface area (Å²) < 4.78 is 8.54. The second kappa shape index (κ2) is 7.44. The van der Waals surface area contributed by atoms with Gasteiger partial charge in [-0.15, -0.1) is 0 Å². The van der Waals surface area contributed by atoms with E-state index >= 15 is 0 Å². The molecule has 1 spiro atoms. The van der Waals surface area contributed by atoms with Crippen LogP contribution >= 0.6 is 0 Å². The van der Waals surface area contributed by atoms with Crippen LogP contribution in [0.1, 0.15) is 38.1 Å². The Labute approximate surface area is 160 Å². The Bertz CT molecular complexity index is 778. The molecule has 1 N–H and O–H groups in total. The number of imidazole rings is 1. The molecule has 0 aliphatic carbocycles. The molecular formula is C21H28N4O2. The summed E-state index contributed by atoms with van der Waals surface area (Å²) in [5, 5.41) is 2.99. The van der Waals surface area contributed by atoms with E-state index in [1.807, 2.05) is 32.3 Å². The van der Waals surface area contributed by atoms with Gasteiger partial charge in [0, 0.05) is 38.1 Å². The Morgan fingerprint density at radius 1 is 1.30 bits per heavy atom. The highest BCUT2D eigenvalue weighted by molar-refractivity contribution is 5.81. The minimum absolute atomic E-state index is 0.0320. The van der Waals surface area contributed by atoms with Gasteiger partial charge in [0.25, 0.3) is 5.91 Å². The molecule has 27 heavy (non-hydrogen) atoms. The van der Waals surface area contributed by atoms with Crippen LogP contribution in [-0.4, -0.2) is 45.6 Å². The Morgan fingerprint density at radius 3 is 2.74 bits per heavy atom. The van der Waals surface area contributed by atoms with Gasteiger partial charge in [0.1, 0.15) is 11.4 Å². The van der Waals surface area contributed by atoms with Crippen LogP contribution in [-0.2, 0) is 28.2 Å². The number of nitrogens with zero attached hydrogens (tertiary/aromatic N) is 3. The van der Waals surface area contributed by atoms with Crippen molar-refractivity contribution in [2.45, 2.75) is 57.5 Å². The minimum Gasteiger partial charge on any atom is -0.352 e. The zero-order valence-electron chi connectivity index (χ0n) is 16.1. The van der Waals surface area contributed by atoms with E-state index in [9.17, 15) is 4.79 Å². The lowest BCUT2D eigenvalue weighted by Crippen LogP contribution is -2.54. The minimum atomic E-state index is -0.464. The molecule has 144 valence electrons. The average Bonchev–Trinajstić information content (AvgIpc) is 3.14. The molecule has 2 aliphatic rings. The molecular weight excluding hydrogens is 340 g/mol. The first-order valence-electron chi connectivity index (χ1n) is 9.82. The lowest BCUT2D eigenvalue weighted by Gasteiger charge is -2.45. The van der Waals surface area contributed by atoms with Crippen LogP contribution in [0.25, 0.3) is 0 Å². The Kier molecular flexibility index (Phi) is 5.02. The summed E-state index contributed by atoms with van der Waals surface area (Å²) in [5.74, 6) is 0.936. The number of amides is 1. The summed E-state index contributed by atoms with van der Waals surface area (Å²) >= 11 is 0. The van der Waals surface area contributed by atoms with Crippen LogP contribution in [0.5, 0.6) is 0 Å². The largest absolute Gasteiger partial charge is 0.352 e. The third-order valence-electron chi connectivity index (χ3n) is 5.49. The van der Waals surface area contributed by atoms with Crippen molar-refractivity contribution in [3.63, 3.8) is 0 Å². The van der Waals surface area contributed by atoms with Crippen molar-refractivity contribution >= 4 is 5.91 Å². The molecule has 1 saturated heterocycles. The molecule has 1 fully saturated rings. The van der Waals surface area contributed by atoms with Crippen molar-refractivity contribution < 1.29 is 9.53 Å². The summed E-state index contributed by atoms with van der Waals surface area (Å²) in [6.07, 6.45) is 5.02. The summed E-state index contributed by atoms with van der Waals surface area (Å²) in [6.45, 7) is 7.29. The second-order valence-electron chi connectivity index (χ2n) is 7.93. The molecule has 2 aliphatic heterocycles. The number of nitrogens with one attached hydrogen (secondary N) is 1. The van der Waals surface area contributed by atoms with Gasteiger partial charge in [0.05, 0.1) is 6.54 Å². The molecule has 0 saturated carbocycles. The zero-order valence-corrected chi connectivity index (χ0v) is 16.1. The van der Waals surface area contributed by atoms with Crippen LogP contribution in [0.4, 0.5) is 0 Å². The Hall–Kier alpha value is -2.18. The lowest BCUT2D eigenvalue weighted by molar-refractivity contribution is -0.174. The molecule has 6 heteroatoms. The van der Waals surface area contributed by atoms with Crippen molar-refractivity contribution in [3.05, 3.63) is 54.1 Å². The molecule has 6 nitrogen and oxygen atoms in total. The Balaban J connectivity index is 1.48. The van der Waals surface area contributed by atoms with Crippen LogP contribution in [0, 0.1) is 0 Å². The number of rotatable bonds is 4. The van der Waals surface area contributed by atoms with Crippen molar-refractivity contribution in [3.8, 4) is 0 Å². The number of carbonyl (C=O) groups is 1. The normalized spacial score (nSPS) is 22.0. The van der Waals surface area contributed by atoms with Crippen molar-refractivity contribution in [1.82, 2.24) is 19.8 Å². The van der Waals surface area contributed by atoms with Crippen LogP contribution in [0.2, 0.25) is 0 Å². The summed E-state index contributed by atoms with van der Waals surface area (Å²) in [5.41, 5.74) is 0.863. The molecule has 2 aromatic rings. The van der Waals surface area contributed by atoms with Crippen LogP contribution in [0.3, 0.4) is 0 Å². The molecule has 1 amide bonds. The average molecular weight is 368 g/mol. The quantitative estimate of drug-likeness (QED) is 0.900. The van der Waals surface area contributed by atoms with E-state index in [1.165, 1.54) is 5.56 Å². The predicted octanol–water partition coefficient (Wildman–Crippen LogP) is 2.30. The molecule has 1 atom stereocenters. The van der Waals surface area contributed by atoms with E-state index in [1.54, 1.807) is 0 Å². The van der Waals surface area contributed by atoms with Crippen molar-refractivity contribution in [1.29, 1.82) is 0 Å². The van der Waals surface area contributed by atoms with Gasteiger partial charge in [0.2, 0.25) is 0 Å². The van der Waals surface area contributed by atoms with Gasteiger partial charge in [-0.2, -0.15) is 0 Å². The number of hydrogen-bond acceptors (Lipinski definition) is 4. The molecule has 3 heterocycles. The van der Waals surface area contributed by atoms with Crippen LogP contribution in [0.15, 0.2) is 42.7 Å². The van der Waals surface area contributed by atoms with Crippen molar-refractivity contribution in [2.24, 2.45) is 0 Å². The number of hydrogen-bond donors (Lipinski definition) is 1. The fraction of sp³-hybridized carbons (Fsp3) is 0.524. The topological polar surface area (TPSA) is 59.4 Å². The summed E-state index contributed by atoms with van der Waals surface area (Å²) in [6, 6.07) is 10.7. The molecule has 1 aromatic heterocycles. The highest BCUT2D eigenvalue weighted by atomic mass is 16.5. The van der Waals surface area contributed by atoms with E-state index < -0.39 is 11.7 Å². The SMILES string of the molecule is CC(C)NC(=O)[C@H]1Cn2ccnc2C2(CCN(Cc3ccccc3)CC2)O1. The summed E-state index contributed by atoms with van der Waals surface area (Å²) in [7, 11) is 0. The zero-order chi connectivity index (χ0) is 18.9. The number of aromatic nitrogens is 2. The fourth-order valence-electron chi connectivity index (χ4n) is 4.17. The van der Waals surface area contributed by atoms with Gasteiger partial charge in [0.15, 0.2) is 6.10 Å². The maximum Gasteiger partial charge on any atom is 0.251 e. The Morgan fingerprint density at radius 2 is 2.04 bits per heavy atom. The van der Waals surface area contributed by atoms with Crippen LogP contribution < -0.4 is 5.32 Å². The molecule has 4 rings (SSSR count).